The zero-order valence-electron chi connectivity index (χ0n) is 10.3. The molecular formula is C12H10F2N4O2. The highest BCUT2D eigenvalue weighted by Crippen LogP contribution is 2.20. The van der Waals surface area contributed by atoms with Crippen LogP contribution < -0.4 is 16.2 Å². The lowest BCUT2D eigenvalue weighted by Gasteiger charge is -2.07. The largest absolute Gasteiger partial charge is 0.383 e. The van der Waals surface area contributed by atoms with Crippen molar-refractivity contribution < 1.29 is 13.6 Å². The maximum atomic E-state index is 13.5. The number of nitrogens with zero attached hydrogens (tertiary/aromatic N) is 1. The van der Waals surface area contributed by atoms with Gasteiger partial charge in [0.05, 0.1) is 0 Å². The highest BCUT2D eigenvalue weighted by molar-refractivity contribution is 6.03. The lowest BCUT2D eigenvalue weighted by molar-refractivity contribution is 0.102. The van der Waals surface area contributed by atoms with Crippen LogP contribution in [0.5, 0.6) is 0 Å². The second-order valence-corrected chi connectivity index (χ2v) is 3.83. The third kappa shape index (κ3) is 2.79. The van der Waals surface area contributed by atoms with Crippen molar-refractivity contribution in [3.05, 3.63) is 51.8 Å². The standard InChI is InChI=1S/C12H10F2N4O2/c1-15-11-7(13)4-6(5-8(11)14)12(20)16-9-2-3-10(19)18-17-9/h2-5,15H,1H3,(H,18,19)(H,16,17,20). The Balaban J connectivity index is 2.25. The third-order valence-corrected chi connectivity index (χ3v) is 2.48. The number of anilines is 2. The van der Waals surface area contributed by atoms with E-state index in [1.807, 2.05) is 0 Å². The van der Waals surface area contributed by atoms with E-state index in [1.165, 1.54) is 13.1 Å². The van der Waals surface area contributed by atoms with Crippen LogP contribution in [0.1, 0.15) is 10.4 Å². The highest BCUT2D eigenvalue weighted by Gasteiger charge is 2.14. The molecule has 6 nitrogen and oxygen atoms in total. The fraction of sp³-hybridized carbons (Fsp3) is 0.0833. The van der Waals surface area contributed by atoms with Gasteiger partial charge in [0.15, 0.2) is 5.82 Å². The van der Waals surface area contributed by atoms with E-state index >= 15 is 0 Å². The van der Waals surface area contributed by atoms with E-state index in [0.29, 0.717) is 0 Å². The minimum atomic E-state index is -0.882. The molecule has 0 bridgehead atoms. The van der Waals surface area contributed by atoms with E-state index in [0.717, 1.165) is 18.2 Å². The molecule has 20 heavy (non-hydrogen) atoms. The van der Waals surface area contributed by atoms with Crippen LogP contribution in [0.2, 0.25) is 0 Å². The van der Waals surface area contributed by atoms with E-state index in [1.54, 1.807) is 0 Å². The first-order chi connectivity index (χ1) is 9.51. The number of benzene rings is 1. The summed E-state index contributed by atoms with van der Waals surface area (Å²) in [6.45, 7) is 0. The number of H-pyrrole nitrogens is 1. The number of carbonyl (C=O) groups is 1. The summed E-state index contributed by atoms with van der Waals surface area (Å²) >= 11 is 0. The Morgan fingerprint density at radius 1 is 1.25 bits per heavy atom. The van der Waals surface area contributed by atoms with E-state index < -0.39 is 23.1 Å². The van der Waals surface area contributed by atoms with Crippen LogP contribution in [0.4, 0.5) is 20.3 Å². The van der Waals surface area contributed by atoms with Crippen LogP contribution in [0.25, 0.3) is 0 Å². The van der Waals surface area contributed by atoms with Gasteiger partial charge in [-0.3, -0.25) is 9.59 Å². The van der Waals surface area contributed by atoms with Crippen LogP contribution in [-0.2, 0) is 0 Å². The molecule has 0 aliphatic carbocycles. The first kappa shape index (κ1) is 13.7. The quantitative estimate of drug-likeness (QED) is 0.792. The predicted molar refractivity (Wildman–Crippen MR) is 68.7 cm³/mol. The second-order valence-electron chi connectivity index (χ2n) is 3.83. The molecule has 2 rings (SSSR count). The average molecular weight is 280 g/mol. The van der Waals surface area contributed by atoms with Gasteiger partial charge in [-0.15, -0.1) is 0 Å². The Morgan fingerprint density at radius 3 is 2.40 bits per heavy atom. The fourth-order valence-corrected chi connectivity index (χ4v) is 1.55. The molecule has 3 N–H and O–H groups in total. The molecule has 104 valence electrons. The number of nitrogens with one attached hydrogen (secondary N) is 3. The molecule has 1 aromatic heterocycles. The maximum Gasteiger partial charge on any atom is 0.264 e. The van der Waals surface area contributed by atoms with Gasteiger partial charge in [-0.2, -0.15) is 5.10 Å². The SMILES string of the molecule is CNc1c(F)cc(C(=O)Nc2ccc(=O)[nH]n2)cc1F. The van der Waals surface area contributed by atoms with E-state index in [2.05, 4.69) is 20.8 Å². The number of hydrogen-bond acceptors (Lipinski definition) is 4. The summed E-state index contributed by atoms with van der Waals surface area (Å²) in [5.74, 6) is -2.45. The molecule has 1 aromatic carbocycles. The van der Waals surface area contributed by atoms with Gasteiger partial charge in [0.2, 0.25) is 0 Å². The molecule has 0 saturated heterocycles. The first-order valence-electron chi connectivity index (χ1n) is 5.55. The summed E-state index contributed by atoms with van der Waals surface area (Å²) < 4.78 is 27.0. The molecule has 8 heteroatoms. The summed E-state index contributed by atoms with van der Waals surface area (Å²) in [6.07, 6.45) is 0. The molecular weight excluding hydrogens is 270 g/mol. The van der Waals surface area contributed by atoms with Crippen LogP contribution in [-0.4, -0.2) is 23.2 Å². The lowest BCUT2D eigenvalue weighted by Crippen LogP contribution is -2.16. The Hall–Kier alpha value is -2.77. The molecule has 0 fully saturated rings. The number of hydrogen-bond donors (Lipinski definition) is 3. The van der Waals surface area contributed by atoms with Gasteiger partial charge >= 0.3 is 0 Å². The van der Waals surface area contributed by atoms with Gasteiger partial charge in [-0.05, 0) is 18.2 Å². The van der Waals surface area contributed by atoms with Gasteiger partial charge in [0.25, 0.3) is 11.5 Å². The Bertz CT molecular complexity index is 671. The molecule has 0 aliphatic rings. The molecule has 1 amide bonds. The average Bonchev–Trinajstić information content (AvgIpc) is 2.41. The molecule has 0 saturated carbocycles. The van der Waals surface area contributed by atoms with Crippen LogP contribution in [0.3, 0.4) is 0 Å². The fourth-order valence-electron chi connectivity index (χ4n) is 1.55. The van der Waals surface area contributed by atoms with Gasteiger partial charge in [0.1, 0.15) is 17.3 Å². The summed E-state index contributed by atoms with van der Waals surface area (Å²) in [7, 11) is 1.37. The van der Waals surface area contributed by atoms with Crippen LogP contribution in [0.15, 0.2) is 29.1 Å². The summed E-state index contributed by atoms with van der Waals surface area (Å²) in [6, 6.07) is 4.23. The van der Waals surface area contributed by atoms with E-state index in [9.17, 15) is 18.4 Å². The topological polar surface area (TPSA) is 86.9 Å². The lowest BCUT2D eigenvalue weighted by atomic mass is 10.1. The number of carbonyl (C=O) groups excluding carboxylic acids is 1. The Morgan fingerprint density at radius 2 is 1.90 bits per heavy atom. The molecule has 0 spiro atoms. The molecule has 1 heterocycles. The van der Waals surface area contributed by atoms with Gasteiger partial charge < -0.3 is 10.6 Å². The minimum Gasteiger partial charge on any atom is -0.383 e. The predicted octanol–water partition coefficient (Wildman–Crippen LogP) is 1.34. The second kappa shape index (κ2) is 5.47. The van der Waals surface area contributed by atoms with Crippen LogP contribution >= 0.6 is 0 Å². The number of amides is 1. The third-order valence-electron chi connectivity index (χ3n) is 2.48. The zero-order chi connectivity index (χ0) is 14.7. The van der Waals surface area contributed by atoms with Crippen molar-refractivity contribution >= 4 is 17.4 Å². The highest BCUT2D eigenvalue weighted by atomic mass is 19.1. The molecule has 0 radical (unpaired) electrons. The minimum absolute atomic E-state index is 0.0631. The zero-order valence-corrected chi connectivity index (χ0v) is 10.3. The van der Waals surface area contributed by atoms with Crippen LogP contribution in [0, 0.1) is 11.6 Å². The number of aromatic nitrogens is 2. The summed E-state index contributed by atoms with van der Waals surface area (Å²) in [4.78, 5) is 22.6. The van der Waals surface area contributed by atoms with Crippen molar-refractivity contribution in [2.75, 3.05) is 17.7 Å². The normalized spacial score (nSPS) is 10.2. The van der Waals surface area contributed by atoms with Gasteiger partial charge in [0, 0.05) is 18.7 Å². The maximum absolute atomic E-state index is 13.5. The molecule has 0 atom stereocenters. The Labute approximate surface area is 111 Å². The van der Waals surface area contributed by atoms with Crippen molar-refractivity contribution in [2.45, 2.75) is 0 Å². The molecule has 0 unspecified atom stereocenters. The van der Waals surface area contributed by atoms with Gasteiger partial charge in [-0.1, -0.05) is 0 Å². The van der Waals surface area contributed by atoms with Crippen molar-refractivity contribution in [1.82, 2.24) is 10.2 Å². The van der Waals surface area contributed by atoms with Crippen molar-refractivity contribution in [3.63, 3.8) is 0 Å². The summed E-state index contributed by atoms with van der Waals surface area (Å²) in [5, 5.41) is 10.3. The van der Waals surface area contributed by atoms with Crippen molar-refractivity contribution in [1.29, 1.82) is 0 Å². The molecule has 0 aliphatic heterocycles. The van der Waals surface area contributed by atoms with Crippen molar-refractivity contribution in [2.24, 2.45) is 0 Å². The monoisotopic (exact) mass is 280 g/mol. The van der Waals surface area contributed by atoms with Gasteiger partial charge in [-0.25, -0.2) is 13.9 Å². The number of rotatable bonds is 3. The Kier molecular flexibility index (Phi) is 3.74. The number of halogens is 2. The molecule has 2 aromatic rings. The van der Waals surface area contributed by atoms with E-state index in [-0.39, 0.29) is 17.1 Å². The summed E-state index contributed by atoms with van der Waals surface area (Å²) in [5.41, 5.74) is -0.950. The van der Waals surface area contributed by atoms with Crippen molar-refractivity contribution in [3.8, 4) is 0 Å². The number of aromatic amines is 1. The van der Waals surface area contributed by atoms with E-state index in [4.69, 9.17) is 0 Å². The first-order valence-corrected chi connectivity index (χ1v) is 5.55. The smallest absolute Gasteiger partial charge is 0.264 e.